The predicted octanol–water partition coefficient (Wildman–Crippen LogP) is 4.16. The Labute approximate surface area is 183 Å². The van der Waals surface area contributed by atoms with Crippen molar-refractivity contribution in [2.45, 2.75) is 63.8 Å². The molecule has 3 fully saturated rings. The zero-order valence-corrected chi connectivity index (χ0v) is 18.2. The second-order valence-corrected chi connectivity index (χ2v) is 9.26. The zero-order chi connectivity index (χ0) is 21.6. The molecule has 0 radical (unpaired) electrons. The number of ether oxygens (including phenoxy) is 1. The molecule has 170 valence electrons. The fourth-order valence-electron chi connectivity index (χ4n) is 4.18. The molecule has 1 atom stereocenters. The van der Waals surface area contributed by atoms with Gasteiger partial charge in [-0.25, -0.2) is 9.18 Å². The fourth-order valence-corrected chi connectivity index (χ4v) is 4.18. The van der Waals surface area contributed by atoms with Crippen LogP contribution in [0.3, 0.4) is 0 Å². The molecule has 1 aromatic carbocycles. The number of rotatable bonds is 14. The van der Waals surface area contributed by atoms with Gasteiger partial charge in [0.2, 0.25) is 5.91 Å². The third-order valence-corrected chi connectivity index (χ3v) is 6.42. The molecule has 1 aliphatic heterocycles. The standard InChI is InChI=1S/C24H34FN3O3/c25-20-11-10-19(14-21(20)31-16-17-6-7-17)23(18-8-9-18)26-12-4-2-1-3-5-13-28-15-22(29)27-24(28)30/h10-11,14,17-18,23,26H,1-9,12-13,15-16H2,(H,27,29,30). The zero-order valence-electron chi connectivity index (χ0n) is 18.2. The molecule has 31 heavy (non-hydrogen) atoms. The first-order chi connectivity index (χ1) is 15.1. The number of benzene rings is 1. The Morgan fingerprint density at radius 1 is 1.10 bits per heavy atom. The number of carbonyl (C=O) groups excluding carboxylic acids is 2. The number of urea groups is 1. The summed E-state index contributed by atoms with van der Waals surface area (Å²) in [7, 11) is 0. The predicted molar refractivity (Wildman–Crippen MR) is 116 cm³/mol. The lowest BCUT2D eigenvalue weighted by Gasteiger charge is -2.20. The van der Waals surface area contributed by atoms with E-state index in [2.05, 4.69) is 10.6 Å². The van der Waals surface area contributed by atoms with E-state index in [4.69, 9.17) is 4.74 Å². The van der Waals surface area contributed by atoms with Gasteiger partial charge in [-0.05, 0) is 74.6 Å². The second kappa shape index (κ2) is 10.4. The van der Waals surface area contributed by atoms with E-state index < -0.39 is 0 Å². The fraction of sp³-hybridized carbons (Fsp3) is 0.667. The lowest BCUT2D eigenvalue weighted by molar-refractivity contribution is -0.118. The molecule has 2 saturated carbocycles. The summed E-state index contributed by atoms with van der Waals surface area (Å²) in [5.41, 5.74) is 1.13. The summed E-state index contributed by atoms with van der Waals surface area (Å²) >= 11 is 0. The van der Waals surface area contributed by atoms with Gasteiger partial charge in [0.25, 0.3) is 0 Å². The quantitative estimate of drug-likeness (QED) is 0.343. The Morgan fingerprint density at radius 3 is 2.58 bits per heavy atom. The van der Waals surface area contributed by atoms with Gasteiger partial charge in [0, 0.05) is 12.6 Å². The van der Waals surface area contributed by atoms with Crippen molar-refractivity contribution in [3.63, 3.8) is 0 Å². The van der Waals surface area contributed by atoms with E-state index in [1.807, 2.05) is 12.1 Å². The minimum atomic E-state index is -0.269. The number of amides is 3. The van der Waals surface area contributed by atoms with Crippen molar-refractivity contribution < 1.29 is 18.7 Å². The average molecular weight is 432 g/mol. The van der Waals surface area contributed by atoms with E-state index in [0.29, 0.717) is 30.7 Å². The van der Waals surface area contributed by atoms with Crippen molar-refractivity contribution in [1.29, 1.82) is 0 Å². The maximum atomic E-state index is 14.1. The molecule has 3 aliphatic rings. The Balaban J connectivity index is 1.14. The SMILES string of the molecule is O=C1CN(CCCCCCCNC(c2ccc(F)c(OCC3CC3)c2)C2CC2)C(=O)N1. The normalized spacial score (nSPS) is 19.6. The van der Waals surface area contributed by atoms with Crippen LogP contribution in [0, 0.1) is 17.7 Å². The van der Waals surface area contributed by atoms with Gasteiger partial charge in [0.05, 0.1) is 6.61 Å². The first kappa shape index (κ1) is 22.1. The van der Waals surface area contributed by atoms with Crippen molar-refractivity contribution in [1.82, 2.24) is 15.5 Å². The molecule has 1 unspecified atom stereocenters. The number of nitrogens with zero attached hydrogens (tertiary/aromatic N) is 1. The number of halogens is 1. The molecule has 1 aromatic rings. The molecular formula is C24H34FN3O3. The van der Waals surface area contributed by atoms with Crippen LogP contribution in [-0.2, 0) is 4.79 Å². The molecule has 1 saturated heterocycles. The molecule has 1 heterocycles. The molecule has 3 amide bonds. The van der Waals surface area contributed by atoms with Crippen molar-refractivity contribution in [2.75, 3.05) is 26.2 Å². The molecule has 0 aromatic heterocycles. The van der Waals surface area contributed by atoms with Crippen LogP contribution in [0.15, 0.2) is 18.2 Å². The second-order valence-electron chi connectivity index (χ2n) is 9.26. The molecule has 4 rings (SSSR count). The molecule has 0 bridgehead atoms. The highest BCUT2D eigenvalue weighted by molar-refractivity contribution is 6.01. The smallest absolute Gasteiger partial charge is 0.324 e. The molecule has 0 spiro atoms. The highest BCUT2D eigenvalue weighted by atomic mass is 19.1. The van der Waals surface area contributed by atoms with Gasteiger partial charge in [-0.3, -0.25) is 10.1 Å². The van der Waals surface area contributed by atoms with Gasteiger partial charge in [-0.2, -0.15) is 0 Å². The summed E-state index contributed by atoms with van der Waals surface area (Å²) in [5.74, 6) is 1.16. The Bertz CT molecular complexity index is 779. The lowest BCUT2D eigenvalue weighted by Crippen LogP contribution is -2.29. The number of hydrogen-bond donors (Lipinski definition) is 2. The van der Waals surface area contributed by atoms with Gasteiger partial charge in [-0.15, -0.1) is 0 Å². The lowest BCUT2D eigenvalue weighted by atomic mass is 10.0. The van der Waals surface area contributed by atoms with E-state index in [1.54, 1.807) is 11.0 Å². The maximum absolute atomic E-state index is 14.1. The van der Waals surface area contributed by atoms with E-state index in [1.165, 1.54) is 25.7 Å². The van der Waals surface area contributed by atoms with Crippen LogP contribution in [-0.4, -0.2) is 43.1 Å². The molecular weight excluding hydrogens is 397 g/mol. The van der Waals surface area contributed by atoms with Gasteiger partial charge >= 0.3 is 6.03 Å². The topological polar surface area (TPSA) is 70.7 Å². The maximum Gasteiger partial charge on any atom is 0.324 e. The van der Waals surface area contributed by atoms with Crippen LogP contribution in [0.1, 0.15) is 69.4 Å². The van der Waals surface area contributed by atoms with Crippen LogP contribution in [0.5, 0.6) is 5.75 Å². The van der Waals surface area contributed by atoms with Gasteiger partial charge in [-0.1, -0.05) is 25.3 Å². The van der Waals surface area contributed by atoms with Crippen LogP contribution >= 0.6 is 0 Å². The van der Waals surface area contributed by atoms with Crippen molar-refractivity contribution in [3.8, 4) is 5.75 Å². The monoisotopic (exact) mass is 431 g/mol. The van der Waals surface area contributed by atoms with E-state index in [0.717, 1.165) is 44.2 Å². The highest BCUT2D eigenvalue weighted by Gasteiger charge is 2.32. The first-order valence-corrected chi connectivity index (χ1v) is 11.8. The van der Waals surface area contributed by atoms with Crippen LogP contribution in [0.4, 0.5) is 9.18 Å². The molecule has 6 nitrogen and oxygen atoms in total. The van der Waals surface area contributed by atoms with Gasteiger partial charge in [0.15, 0.2) is 11.6 Å². The van der Waals surface area contributed by atoms with Crippen molar-refractivity contribution in [3.05, 3.63) is 29.6 Å². The van der Waals surface area contributed by atoms with Crippen LogP contribution in [0.25, 0.3) is 0 Å². The van der Waals surface area contributed by atoms with Crippen molar-refractivity contribution >= 4 is 11.9 Å². The Kier molecular flexibility index (Phi) is 7.43. The summed E-state index contributed by atoms with van der Waals surface area (Å²) in [6.45, 7) is 2.41. The number of imide groups is 1. The number of nitrogens with one attached hydrogen (secondary N) is 2. The molecule has 2 N–H and O–H groups in total. The summed E-state index contributed by atoms with van der Waals surface area (Å²) < 4.78 is 19.9. The third-order valence-electron chi connectivity index (χ3n) is 6.42. The van der Waals surface area contributed by atoms with Crippen LogP contribution < -0.4 is 15.4 Å². The highest BCUT2D eigenvalue weighted by Crippen LogP contribution is 2.42. The van der Waals surface area contributed by atoms with E-state index >= 15 is 0 Å². The summed E-state index contributed by atoms with van der Waals surface area (Å²) in [5, 5.41) is 6.00. The number of unbranched alkanes of at least 4 members (excludes halogenated alkanes) is 4. The summed E-state index contributed by atoms with van der Waals surface area (Å²) in [4.78, 5) is 24.2. The minimum absolute atomic E-state index is 0.196. The first-order valence-electron chi connectivity index (χ1n) is 11.8. The molecule has 7 heteroatoms. The van der Waals surface area contributed by atoms with Gasteiger partial charge in [0.1, 0.15) is 6.54 Å². The largest absolute Gasteiger partial charge is 0.490 e. The third kappa shape index (κ3) is 6.66. The van der Waals surface area contributed by atoms with Crippen molar-refractivity contribution in [2.24, 2.45) is 11.8 Å². The van der Waals surface area contributed by atoms with E-state index in [9.17, 15) is 14.0 Å². The average Bonchev–Trinajstić information content (AvgIpc) is 3.66. The number of carbonyl (C=O) groups is 2. The Hall–Kier alpha value is -2.15. The van der Waals surface area contributed by atoms with E-state index in [-0.39, 0.29) is 30.3 Å². The van der Waals surface area contributed by atoms with Crippen LogP contribution in [0.2, 0.25) is 0 Å². The number of hydrogen-bond acceptors (Lipinski definition) is 4. The summed E-state index contributed by atoms with van der Waals surface area (Å²) in [6, 6.07) is 5.35. The summed E-state index contributed by atoms with van der Waals surface area (Å²) in [6.07, 6.45) is 10.2. The van der Waals surface area contributed by atoms with Gasteiger partial charge < -0.3 is 15.0 Å². The Morgan fingerprint density at radius 2 is 1.87 bits per heavy atom. The minimum Gasteiger partial charge on any atom is -0.490 e. The molecule has 2 aliphatic carbocycles.